The molecule has 1 fully saturated rings. The first kappa shape index (κ1) is 23.7. The molecule has 1 unspecified atom stereocenters. The van der Waals surface area contributed by atoms with Crippen LogP contribution in [0.15, 0.2) is 47.3 Å². The van der Waals surface area contributed by atoms with Gasteiger partial charge in [-0.05, 0) is 87.0 Å². The molecule has 2 nitrogen and oxygen atoms in total. The van der Waals surface area contributed by atoms with Gasteiger partial charge in [0.25, 0.3) is 0 Å². The number of ketones is 1. The molecule has 0 aliphatic heterocycles. The maximum absolute atomic E-state index is 12.8. The molecular formula is C27H42O2. The fourth-order valence-electron chi connectivity index (χ4n) is 5.08. The third kappa shape index (κ3) is 5.32. The number of hydrogen-bond acceptors (Lipinski definition) is 2. The molecule has 5 atom stereocenters. The minimum absolute atomic E-state index is 0.00529. The molecule has 0 N–H and O–H groups in total. The van der Waals surface area contributed by atoms with Crippen molar-refractivity contribution >= 4 is 5.78 Å². The Morgan fingerprint density at radius 2 is 2.07 bits per heavy atom. The zero-order valence-corrected chi connectivity index (χ0v) is 19.8. The third-order valence-electron chi connectivity index (χ3n) is 7.29. The summed E-state index contributed by atoms with van der Waals surface area (Å²) in [5.74, 6) is 2.22. The lowest BCUT2D eigenvalue weighted by Crippen LogP contribution is -2.45. The second-order valence-corrected chi connectivity index (χ2v) is 9.73. The molecule has 2 aliphatic rings. The first-order valence-electron chi connectivity index (χ1n) is 11.6. The van der Waals surface area contributed by atoms with E-state index in [2.05, 4.69) is 53.3 Å². The maximum Gasteiger partial charge on any atom is 0.162 e. The van der Waals surface area contributed by atoms with Crippen LogP contribution in [0.25, 0.3) is 0 Å². The summed E-state index contributed by atoms with van der Waals surface area (Å²) < 4.78 is 6.58. The summed E-state index contributed by atoms with van der Waals surface area (Å²) in [4.78, 5) is 12.8. The highest BCUT2D eigenvalue weighted by Gasteiger charge is 2.48. The van der Waals surface area contributed by atoms with Gasteiger partial charge >= 0.3 is 0 Å². The Bertz CT molecular complexity index is 708. The zero-order valence-electron chi connectivity index (χ0n) is 19.8. The predicted octanol–water partition coefficient (Wildman–Crippen LogP) is 7.58. The van der Waals surface area contributed by atoms with Crippen LogP contribution in [-0.2, 0) is 9.53 Å². The third-order valence-corrected chi connectivity index (χ3v) is 7.29. The quantitative estimate of drug-likeness (QED) is 0.239. The molecule has 2 aliphatic carbocycles. The van der Waals surface area contributed by atoms with Gasteiger partial charge in [0.15, 0.2) is 5.78 Å². The highest BCUT2D eigenvalue weighted by molar-refractivity contribution is 5.95. The van der Waals surface area contributed by atoms with E-state index in [4.69, 9.17) is 4.74 Å². The van der Waals surface area contributed by atoms with Gasteiger partial charge in [0.1, 0.15) is 11.9 Å². The molecule has 162 valence electrons. The Morgan fingerprint density at radius 3 is 2.66 bits per heavy atom. The van der Waals surface area contributed by atoms with Crippen molar-refractivity contribution in [2.24, 2.45) is 23.2 Å². The van der Waals surface area contributed by atoms with E-state index in [0.29, 0.717) is 11.8 Å². The second kappa shape index (κ2) is 9.96. The molecular weight excluding hydrogens is 356 g/mol. The Balaban J connectivity index is 2.26. The van der Waals surface area contributed by atoms with Gasteiger partial charge in [0.05, 0.1) is 0 Å². The molecule has 0 aromatic rings. The van der Waals surface area contributed by atoms with Crippen molar-refractivity contribution in [3.63, 3.8) is 0 Å². The molecule has 0 amide bonds. The monoisotopic (exact) mass is 398 g/mol. The predicted molar refractivity (Wildman–Crippen MR) is 124 cm³/mol. The standard InChI is InChI=1S/C27H42O2/c1-9-11-12-19(5)15-20(6)25(10-2)29-26-14-13-21(7)27(8)17-22(18(3)4)24(28)16-23(26)27/h10,15-16,19,21-22,26H,3,9,11-14,17H2,1-2,4-8H3/b20-15+,25-10-/t19?,21-,22-,26+,27+/m0/s1. The van der Waals surface area contributed by atoms with Gasteiger partial charge in [-0.1, -0.05) is 58.8 Å². The van der Waals surface area contributed by atoms with Gasteiger partial charge in [-0.15, -0.1) is 0 Å². The Labute approximate surface area is 179 Å². The minimum atomic E-state index is -0.0489. The van der Waals surface area contributed by atoms with Crippen molar-refractivity contribution < 1.29 is 9.53 Å². The van der Waals surface area contributed by atoms with Gasteiger partial charge in [-0.2, -0.15) is 0 Å². The van der Waals surface area contributed by atoms with Crippen LogP contribution in [0.4, 0.5) is 0 Å². The molecule has 0 aromatic carbocycles. The highest BCUT2D eigenvalue weighted by Crippen LogP contribution is 2.53. The summed E-state index contributed by atoms with van der Waals surface area (Å²) in [6.45, 7) is 19.4. The van der Waals surface area contributed by atoms with Gasteiger partial charge in [-0.3, -0.25) is 4.79 Å². The Hall–Kier alpha value is -1.57. The summed E-state index contributed by atoms with van der Waals surface area (Å²) >= 11 is 0. The van der Waals surface area contributed by atoms with Crippen molar-refractivity contribution in [3.05, 3.63) is 47.3 Å². The summed E-state index contributed by atoms with van der Waals surface area (Å²) in [6.07, 6.45) is 13.0. The summed E-state index contributed by atoms with van der Waals surface area (Å²) in [5.41, 5.74) is 3.39. The van der Waals surface area contributed by atoms with Crippen LogP contribution in [0, 0.1) is 23.2 Å². The average Bonchev–Trinajstić information content (AvgIpc) is 2.66. The second-order valence-electron chi connectivity index (χ2n) is 9.73. The lowest BCUT2D eigenvalue weighted by atomic mass is 9.57. The van der Waals surface area contributed by atoms with Crippen LogP contribution in [-0.4, -0.2) is 11.9 Å². The van der Waals surface area contributed by atoms with E-state index < -0.39 is 0 Å². The maximum atomic E-state index is 12.8. The Morgan fingerprint density at radius 1 is 1.38 bits per heavy atom. The van der Waals surface area contributed by atoms with Crippen molar-refractivity contribution in [3.8, 4) is 0 Å². The molecule has 2 rings (SSSR count). The molecule has 0 saturated heterocycles. The van der Waals surface area contributed by atoms with Crippen LogP contribution in [0.1, 0.15) is 87.0 Å². The smallest absolute Gasteiger partial charge is 0.162 e. The summed E-state index contributed by atoms with van der Waals surface area (Å²) in [6, 6.07) is 0. The van der Waals surface area contributed by atoms with Crippen LogP contribution < -0.4 is 0 Å². The molecule has 0 bridgehead atoms. The van der Waals surface area contributed by atoms with E-state index in [-0.39, 0.29) is 23.2 Å². The summed E-state index contributed by atoms with van der Waals surface area (Å²) in [7, 11) is 0. The first-order valence-corrected chi connectivity index (χ1v) is 11.6. The fourth-order valence-corrected chi connectivity index (χ4v) is 5.08. The van der Waals surface area contributed by atoms with E-state index in [1.54, 1.807) is 0 Å². The molecule has 0 radical (unpaired) electrons. The van der Waals surface area contributed by atoms with E-state index in [1.807, 2.05) is 19.9 Å². The highest BCUT2D eigenvalue weighted by atomic mass is 16.5. The number of allylic oxidation sites excluding steroid dienone is 5. The van der Waals surface area contributed by atoms with E-state index in [1.165, 1.54) is 30.4 Å². The van der Waals surface area contributed by atoms with Crippen LogP contribution >= 0.6 is 0 Å². The topological polar surface area (TPSA) is 26.3 Å². The van der Waals surface area contributed by atoms with Crippen LogP contribution in [0.2, 0.25) is 0 Å². The summed E-state index contributed by atoms with van der Waals surface area (Å²) in [5, 5.41) is 0. The fraction of sp³-hybridized carbons (Fsp3) is 0.667. The molecule has 29 heavy (non-hydrogen) atoms. The van der Waals surface area contributed by atoms with E-state index in [0.717, 1.165) is 30.6 Å². The van der Waals surface area contributed by atoms with Crippen LogP contribution in [0.5, 0.6) is 0 Å². The first-order chi connectivity index (χ1) is 13.6. The lowest BCUT2D eigenvalue weighted by molar-refractivity contribution is -0.119. The number of rotatable bonds is 8. The van der Waals surface area contributed by atoms with Crippen molar-refractivity contribution in [1.82, 2.24) is 0 Å². The number of fused-ring (bicyclic) bond motifs is 1. The lowest BCUT2D eigenvalue weighted by Gasteiger charge is -2.49. The average molecular weight is 399 g/mol. The molecule has 1 saturated carbocycles. The van der Waals surface area contributed by atoms with Gasteiger partial charge in [0.2, 0.25) is 0 Å². The normalized spacial score (nSPS) is 31.8. The largest absolute Gasteiger partial charge is 0.486 e. The number of carbonyl (C=O) groups is 1. The minimum Gasteiger partial charge on any atom is -0.486 e. The number of unbranched alkanes of at least 4 members (excludes halogenated alkanes) is 1. The van der Waals surface area contributed by atoms with Gasteiger partial charge in [-0.25, -0.2) is 0 Å². The number of hydrogen-bond donors (Lipinski definition) is 0. The molecule has 0 heterocycles. The molecule has 0 aromatic heterocycles. The SMILES string of the molecule is C=C(C)[C@@H]1C[C@@]2(C)C(=CC1=O)[C@H](OC(=C\C)/C(C)=C/C(C)CCCC)CC[C@@H]2C. The zero-order chi connectivity index (χ0) is 21.8. The Kier molecular flexibility index (Phi) is 8.14. The number of carbonyl (C=O) groups excluding carboxylic acids is 1. The van der Waals surface area contributed by atoms with Crippen molar-refractivity contribution in [1.29, 1.82) is 0 Å². The van der Waals surface area contributed by atoms with Crippen LogP contribution in [0.3, 0.4) is 0 Å². The van der Waals surface area contributed by atoms with Gasteiger partial charge in [0, 0.05) is 5.92 Å². The number of ether oxygens (including phenoxy) is 1. The van der Waals surface area contributed by atoms with Crippen molar-refractivity contribution in [2.45, 2.75) is 93.1 Å². The van der Waals surface area contributed by atoms with E-state index >= 15 is 0 Å². The van der Waals surface area contributed by atoms with E-state index in [9.17, 15) is 4.79 Å². The van der Waals surface area contributed by atoms with Gasteiger partial charge < -0.3 is 4.74 Å². The molecule has 0 spiro atoms. The van der Waals surface area contributed by atoms with Crippen molar-refractivity contribution in [2.75, 3.05) is 0 Å². The molecule has 2 heteroatoms.